The molecule has 0 N–H and O–H groups in total. The molecule has 1 aliphatic heterocycles. The maximum atomic E-state index is 12.7. The van der Waals surface area contributed by atoms with Gasteiger partial charge in [0.15, 0.2) is 0 Å². The zero-order chi connectivity index (χ0) is 15.3. The largest absolute Gasteiger partial charge is 0.274 e. The first-order valence-electron chi connectivity index (χ1n) is 7.54. The quantitative estimate of drug-likeness (QED) is 0.599. The van der Waals surface area contributed by atoms with Crippen molar-refractivity contribution in [1.29, 1.82) is 0 Å². The molecule has 2 atom stereocenters. The summed E-state index contributed by atoms with van der Waals surface area (Å²) in [5.74, 6) is -0.206. The van der Waals surface area contributed by atoms with Crippen molar-refractivity contribution in [3.8, 4) is 0 Å². The maximum absolute atomic E-state index is 12.7. The molecule has 4 nitrogen and oxygen atoms in total. The second kappa shape index (κ2) is 4.77. The zero-order valence-corrected chi connectivity index (χ0v) is 12.3. The molecule has 110 valence electrons. The first-order valence-corrected chi connectivity index (χ1v) is 7.54. The molecule has 4 rings (SSSR count). The summed E-state index contributed by atoms with van der Waals surface area (Å²) in [5.41, 5.74) is 1.99. The summed E-state index contributed by atoms with van der Waals surface area (Å²) in [6.45, 7) is 2.02. The van der Waals surface area contributed by atoms with Crippen LogP contribution in [-0.4, -0.2) is 16.8 Å². The Morgan fingerprint density at radius 2 is 1.82 bits per heavy atom. The number of rotatable bonds is 1. The van der Waals surface area contributed by atoms with Gasteiger partial charge in [-0.15, -0.1) is 0 Å². The van der Waals surface area contributed by atoms with Gasteiger partial charge in [-0.2, -0.15) is 0 Å². The second-order valence-electron chi connectivity index (χ2n) is 6.08. The molecule has 0 unspecified atom stereocenters. The number of benzene rings is 1. The van der Waals surface area contributed by atoms with Crippen molar-refractivity contribution in [3.63, 3.8) is 0 Å². The Kier molecular flexibility index (Phi) is 2.86. The van der Waals surface area contributed by atoms with E-state index >= 15 is 0 Å². The van der Waals surface area contributed by atoms with Gasteiger partial charge in [-0.3, -0.25) is 9.59 Å². The van der Waals surface area contributed by atoms with Crippen LogP contribution in [0.15, 0.2) is 48.0 Å². The third-order valence-corrected chi connectivity index (χ3v) is 4.64. The molecule has 22 heavy (non-hydrogen) atoms. The van der Waals surface area contributed by atoms with Gasteiger partial charge < -0.3 is 0 Å². The molecule has 2 heterocycles. The van der Waals surface area contributed by atoms with Crippen LogP contribution in [0.2, 0.25) is 0 Å². The predicted octanol–water partition coefficient (Wildman–Crippen LogP) is 3.08. The standard InChI is InChI=1S/C18H16N2O2/c1-11-6-8-13-14(10-11)18(22)20(17(13)21)16-9-7-12-4-2-3-5-15(12)19-16/h2-7,9,13-14H,8,10H2,1H3/t13-,14+/m1/s1. The maximum Gasteiger partial charge on any atom is 0.239 e. The molecule has 1 aliphatic carbocycles. The van der Waals surface area contributed by atoms with Crippen LogP contribution in [0.4, 0.5) is 5.82 Å². The average molecular weight is 292 g/mol. The Morgan fingerprint density at radius 1 is 1.05 bits per heavy atom. The Bertz CT molecular complexity index is 825. The number of allylic oxidation sites excluding steroid dienone is 2. The minimum atomic E-state index is -0.218. The molecule has 0 radical (unpaired) electrons. The molecule has 0 bridgehead atoms. The monoisotopic (exact) mass is 292 g/mol. The normalized spacial score (nSPS) is 24.6. The molecule has 0 saturated carbocycles. The Balaban J connectivity index is 1.75. The Labute approximate surface area is 128 Å². The summed E-state index contributed by atoms with van der Waals surface area (Å²) < 4.78 is 0. The minimum absolute atomic E-state index is 0.106. The van der Waals surface area contributed by atoms with Crippen molar-refractivity contribution in [1.82, 2.24) is 4.98 Å². The summed E-state index contributed by atoms with van der Waals surface area (Å²) in [6, 6.07) is 11.4. The number of imide groups is 1. The third-order valence-electron chi connectivity index (χ3n) is 4.64. The van der Waals surface area contributed by atoms with Crippen molar-refractivity contribution in [3.05, 3.63) is 48.0 Å². The zero-order valence-electron chi connectivity index (χ0n) is 12.3. The van der Waals surface area contributed by atoms with Crippen molar-refractivity contribution in [2.75, 3.05) is 4.90 Å². The summed E-state index contributed by atoms with van der Waals surface area (Å²) in [4.78, 5) is 31.1. The summed E-state index contributed by atoms with van der Waals surface area (Å²) >= 11 is 0. The highest BCUT2D eigenvalue weighted by Gasteiger charge is 2.49. The number of carbonyl (C=O) groups is 2. The predicted molar refractivity (Wildman–Crippen MR) is 84.2 cm³/mol. The highest BCUT2D eigenvalue weighted by Crippen LogP contribution is 2.39. The lowest BCUT2D eigenvalue weighted by Crippen LogP contribution is -2.31. The average Bonchev–Trinajstić information content (AvgIpc) is 2.78. The molecule has 0 spiro atoms. The third kappa shape index (κ3) is 1.87. The molecule has 4 heteroatoms. The lowest BCUT2D eigenvalue weighted by Gasteiger charge is -2.18. The van der Waals surface area contributed by atoms with Crippen LogP contribution in [0.3, 0.4) is 0 Å². The van der Waals surface area contributed by atoms with Crippen LogP contribution in [0.1, 0.15) is 19.8 Å². The van der Waals surface area contributed by atoms with Crippen molar-refractivity contribution in [2.24, 2.45) is 11.8 Å². The molecule has 1 aromatic carbocycles. The Hall–Kier alpha value is -2.49. The fourth-order valence-corrected chi connectivity index (χ4v) is 3.44. The number of amides is 2. The highest BCUT2D eigenvalue weighted by atomic mass is 16.2. The van der Waals surface area contributed by atoms with Crippen LogP contribution in [0, 0.1) is 11.8 Å². The van der Waals surface area contributed by atoms with Gasteiger partial charge in [0.05, 0.1) is 17.4 Å². The second-order valence-corrected chi connectivity index (χ2v) is 6.08. The SMILES string of the molecule is CC1=CC[C@H]2C(=O)N(c3ccc4ccccc4n3)C(=O)[C@H]2C1. The van der Waals surface area contributed by atoms with Crippen LogP contribution in [-0.2, 0) is 9.59 Å². The summed E-state index contributed by atoms with van der Waals surface area (Å²) in [5, 5.41) is 1.00. The van der Waals surface area contributed by atoms with E-state index in [1.165, 1.54) is 10.5 Å². The molecule has 2 aromatic rings. The number of hydrogen-bond acceptors (Lipinski definition) is 3. The van der Waals surface area contributed by atoms with Crippen LogP contribution < -0.4 is 4.90 Å². The summed E-state index contributed by atoms with van der Waals surface area (Å²) in [7, 11) is 0. The number of pyridine rings is 1. The van der Waals surface area contributed by atoms with Gasteiger partial charge in [0, 0.05) is 5.39 Å². The van der Waals surface area contributed by atoms with Crippen molar-refractivity contribution < 1.29 is 9.59 Å². The van der Waals surface area contributed by atoms with Gasteiger partial charge in [0.25, 0.3) is 0 Å². The van der Waals surface area contributed by atoms with Gasteiger partial charge in [0.1, 0.15) is 5.82 Å². The van der Waals surface area contributed by atoms with E-state index in [0.717, 1.165) is 10.9 Å². The smallest absolute Gasteiger partial charge is 0.239 e. The number of fused-ring (bicyclic) bond motifs is 2. The number of para-hydroxylation sites is 1. The van der Waals surface area contributed by atoms with Gasteiger partial charge in [-0.25, -0.2) is 9.88 Å². The minimum Gasteiger partial charge on any atom is -0.274 e. The van der Waals surface area contributed by atoms with Gasteiger partial charge in [0.2, 0.25) is 11.8 Å². The molecule has 1 saturated heterocycles. The van der Waals surface area contributed by atoms with E-state index in [1.54, 1.807) is 6.07 Å². The van der Waals surface area contributed by atoms with E-state index in [1.807, 2.05) is 37.3 Å². The van der Waals surface area contributed by atoms with Gasteiger partial charge in [-0.1, -0.05) is 29.8 Å². The van der Waals surface area contributed by atoms with E-state index in [4.69, 9.17) is 0 Å². The van der Waals surface area contributed by atoms with Crippen LogP contribution in [0.25, 0.3) is 10.9 Å². The number of aromatic nitrogens is 1. The van der Waals surface area contributed by atoms with Crippen molar-refractivity contribution in [2.45, 2.75) is 19.8 Å². The molecule has 2 aliphatic rings. The van der Waals surface area contributed by atoms with E-state index in [2.05, 4.69) is 11.1 Å². The molecule has 1 fully saturated rings. The lowest BCUT2D eigenvalue weighted by atomic mass is 9.82. The topological polar surface area (TPSA) is 50.3 Å². The van der Waals surface area contributed by atoms with E-state index in [9.17, 15) is 9.59 Å². The fraction of sp³-hybridized carbons (Fsp3) is 0.278. The van der Waals surface area contributed by atoms with E-state index < -0.39 is 0 Å². The van der Waals surface area contributed by atoms with Gasteiger partial charge >= 0.3 is 0 Å². The van der Waals surface area contributed by atoms with E-state index in [-0.39, 0.29) is 23.7 Å². The number of nitrogens with zero attached hydrogens (tertiary/aromatic N) is 2. The van der Waals surface area contributed by atoms with E-state index in [0.29, 0.717) is 18.7 Å². The number of hydrogen-bond donors (Lipinski definition) is 0. The molecule has 2 amide bonds. The molecule has 1 aromatic heterocycles. The molecular formula is C18H16N2O2. The van der Waals surface area contributed by atoms with Crippen molar-refractivity contribution >= 4 is 28.5 Å². The summed E-state index contributed by atoms with van der Waals surface area (Å²) in [6.07, 6.45) is 3.41. The van der Waals surface area contributed by atoms with Crippen LogP contribution >= 0.6 is 0 Å². The first kappa shape index (κ1) is 13.2. The fourth-order valence-electron chi connectivity index (χ4n) is 3.44. The number of carbonyl (C=O) groups excluding carboxylic acids is 2. The lowest BCUT2D eigenvalue weighted by molar-refractivity contribution is -0.122. The first-order chi connectivity index (χ1) is 10.6. The molecular weight excluding hydrogens is 276 g/mol. The van der Waals surface area contributed by atoms with Crippen LogP contribution in [0.5, 0.6) is 0 Å². The Morgan fingerprint density at radius 3 is 2.68 bits per heavy atom. The number of anilines is 1. The highest BCUT2D eigenvalue weighted by molar-refractivity contribution is 6.22. The van der Waals surface area contributed by atoms with Gasteiger partial charge in [-0.05, 0) is 38.0 Å².